The summed E-state index contributed by atoms with van der Waals surface area (Å²) in [4.78, 5) is 11.1. The molecule has 0 spiro atoms. The molecular formula is C13H18N4S. The molecule has 0 aliphatic carbocycles. The summed E-state index contributed by atoms with van der Waals surface area (Å²) in [6.45, 7) is 4.34. The first-order valence-corrected chi connectivity index (χ1v) is 7.33. The zero-order valence-electron chi connectivity index (χ0n) is 10.6. The van der Waals surface area contributed by atoms with Gasteiger partial charge in [0.15, 0.2) is 0 Å². The van der Waals surface area contributed by atoms with Gasteiger partial charge in [-0.05, 0) is 45.3 Å². The van der Waals surface area contributed by atoms with E-state index in [9.17, 15) is 0 Å². The summed E-state index contributed by atoms with van der Waals surface area (Å²) in [5.74, 6) is 0.997. The zero-order chi connectivity index (χ0) is 12.4. The molecule has 4 nitrogen and oxygen atoms in total. The van der Waals surface area contributed by atoms with Crippen LogP contribution in [-0.4, -0.2) is 29.1 Å². The van der Waals surface area contributed by atoms with Crippen molar-refractivity contribution >= 4 is 27.4 Å². The SMILES string of the molecule is Cc1cc2c(NC3CCCNCC3)ncnc2s1. The van der Waals surface area contributed by atoms with Crippen molar-refractivity contribution in [3.63, 3.8) is 0 Å². The van der Waals surface area contributed by atoms with Crippen LogP contribution in [0.5, 0.6) is 0 Å². The maximum atomic E-state index is 4.41. The molecule has 2 aromatic rings. The smallest absolute Gasteiger partial charge is 0.138 e. The molecule has 1 saturated heterocycles. The lowest BCUT2D eigenvalue weighted by atomic mass is 10.1. The van der Waals surface area contributed by atoms with Crippen LogP contribution in [-0.2, 0) is 0 Å². The van der Waals surface area contributed by atoms with Crippen LogP contribution in [0.2, 0.25) is 0 Å². The second-order valence-corrected chi connectivity index (χ2v) is 6.06. The van der Waals surface area contributed by atoms with Crippen molar-refractivity contribution in [1.29, 1.82) is 0 Å². The molecule has 0 bridgehead atoms. The number of hydrogen-bond donors (Lipinski definition) is 2. The average Bonchev–Trinajstić information content (AvgIpc) is 2.58. The van der Waals surface area contributed by atoms with Crippen molar-refractivity contribution in [2.24, 2.45) is 0 Å². The van der Waals surface area contributed by atoms with E-state index in [1.165, 1.54) is 17.7 Å². The summed E-state index contributed by atoms with van der Waals surface area (Å²) < 4.78 is 0. The summed E-state index contributed by atoms with van der Waals surface area (Å²) in [5, 5.41) is 8.19. The van der Waals surface area contributed by atoms with E-state index < -0.39 is 0 Å². The van der Waals surface area contributed by atoms with Crippen LogP contribution < -0.4 is 10.6 Å². The van der Waals surface area contributed by atoms with Crippen molar-refractivity contribution in [3.8, 4) is 0 Å². The highest BCUT2D eigenvalue weighted by molar-refractivity contribution is 7.18. The first-order chi connectivity index (χ1) is 8.83. The third kappa shape index (κ3) is 2.47. The van der Waals surface area contributed by atoms with Gasteiger partial charge in [-0.3, -0.25) is 0 Å². The lowest BCUT2D eigenvalue weighted by Crippen LogP contribution is -2.22. The van der Waals surface area contributed by atoms with Crippen LogP contribution in [0.3, 0.4) is 0 Å². The minimum atomic E-state index is 0.526. The molecule has 5 heteroatoms. The van der Waals surface area contributed by atoms with Gasteiger partial charge < -0.3 is 10.6 Å². The first kappa shape index (κ1) is 11.9. The third-order valence-corrected chi connectivity index (χ3v) is 4.33. The third-order valence-electron chi connectivity index (χ3n) is 3.37. The van der Waals surface area contributed by atoms with Gasteiger partial charge in [-0.2, -0.15) is 0 Å². The molecule has 96 valence electrons. The number of aryl methyl sites for hydroxylation is 1. The molecule has 1 fully saturated rings. The summed E-state index contributed by atoms with van der Waals surface area (Å²) in [6.07, 6.45) is 5.26. The van der Waals surface area contributed by atoms with Gasteiger partial charge in [0, 0.05) is 10.9 Å². The summed E-state index contributed by atoms with van der Waals surface area (Å²) in [7, 11) is 0. The number of hydrogen-bond acceptors (Lipinski definition) is 5. The van der Waals surface area contributed by atoms with E-state index in [-0.39, 0.29) is 0 Å². The fourth-order valence-corrected chi connectivity index (χ4v) is 3.30. The molecule has 3 heterocycles. The number of nitrogens with zero attached hydrogens (tertiary/aromatic N) is 2. The second-order valence-electron chi connectivity index (χ2n) is 4.82. The monoisotopic (exact) mass is 262 g/mol. The molecule has 2 aromatic heterocycles. The molecular weight excluding hydrogens is 244 g/mol. The zero-order valence-corrected chi connectivity index (χ0v) is 11.4. The van der Waals surface area contributed by atoms with Crippen LogP contribution in [0.15, 0.2) is 12.4 Å². The quantitative estimate of drug-likeness (QED) is 0.873. The minimum absolute atomic E-state index is 0.526. The molecule has 0 radical (unpaired) electrons. The van der Waals surface area contributed by atoms with Crippen LogP contribution in [0.25, 0.3) is 10.2 Å². The number of nitrogens with one attached hydrogen (secondary N) is 2. The van der Waals surface area contributed by atoms with Gasteiger partial charge in [-0.15, -0.1) is 11.3 Å². The van der Waals surface area contributed by atoms with E-state index in [0.29, 0.717) is 6.04 Å². The molecule has 3 rings (SSSR count). The molecule has 1 unspecified atom stereocenters. The predicted molar refractivity (Wildman–Crippen MR) is 76.3 cm³/mol. The number of thiophene rings is 1. The molecule has 1 aliphatic heterocycles. The van der Waals surface area contributed by atoms with E-state index in [4.69, 9.17) is 0 Å². The Balaban J connectivity index is 1.84. The van der Waals surface area contributed by atoms with E-state index >= 15 is 0 Å². The Morgan fingerprint density at radius 1 is 1.33 bits per heavy atom. The van der Waals surface area contributed by atoms with Crippen LogP contribution in [0.1, 0.15) is 24.1 Å². The molecule has 0 saturated carbocycles. The van der Waals surface area contributed by atoms with Crippen molar-refractivity contribution in [3.05, 3.63) is 17.3 Å². The van der Waals surface area contributed by atoms with Crippen molar-refractivity contribution < 1.29 is 0 Å². The largest absolute Gasteiger partial charge is 0.367 e. The fraction of sp³-hybridized carbons (Fsp3) is 0.538. The van der Waals surface area contributed by atoms with E-state index in [1.54, 1.807) is 17.7 Å². The average molecular weight is 262 g/mol. The van der Waals surface area contributed by atoms with Gasteiger partial charge in [0.05, 0.1) is 5.39 Å². The highest BCUT2D eigenvalue weighted by atomic mass is 32.1. The lowest BCUT2D eigenvalue weighted by molar-refractivity contribution is 0.635. The van der Waals surface area contributed by atoms with Crippen molar-refractivity contribution in [1.82, 2.24) is 15.3 Å². The Bertz CT molecular complexity index is 529. The van der Waals surface area contributed by atoms with Crippen LogP contribution in [0, 0.1) is 6.92 Å². The van der Waals surface area contributed by atoms with Crippen LogP contribution in [0.4, 0.5) is 5.82 Å². The van der Waals surface area contributed by atoms with Crippen LogP contribution >= 0.6 is 11.3 Å². The Morgan fingerprint density at radius 2 is 2.28 bits per heavy atom. The normalized spacial score (nSPS) is 20.8. The number of anilines is 1. The van der Waals surface area contributed by atoms with Gasteiger partial charge in [0.2, 0.25) is 0 Å². The fourth-order valence-electron chi connectivity index (χ4n) is 2.45. The second kappa shape index (κ2) is 5.20. The Labute approximate surface area is 111 Å². The Morgan fingerprint density at radius 3 is 3.22 bits per heavy atom. The number of rotatable bonds is 2. The highest BCUT2D eigenvalue weighted by Gasteiger charge is 2.14. The van der Waals surface area contributed by atoms with Gasteiger partial charge in [0.1, 0.15) is 17.0 Å². The maximum absolute atomic E-state index is 4.41. The molecule has 1 aliphatic rings. The van der Waals surface area contributed by atoms with Gasteiger partial charge in [-0.25, -0.2) is 9.97 Å². The Kier molecular flexibility index (Phi) is 3.43. The molecule has 1 atom stereocenters. The van der Waals surface area contributed by atoms with E-state index in [1.807, 2.05) is 0 Å². The van der Waals surface area contributed by atoms with Crippen molar-refractivity contribution in [2.45, 2.75) is 32.2 Å². The van der Waals surface area contributed by atoms with Gasteiger partial charge in [0.25, 0.3) is 0 Å². The summed E-state index contributed by atoms with van der Waals surface area (Å²) >= 11 is 1.73. The maximum Gasteiger partial charge on any atom is 0.138 e. The predicted octanol–water partition coefficient (Wildman–Crippen LogP) is 2.55. The highest BCUT2D eigenvalue weighted by Crippen LogP contribution is 2.28. The van der Waals surface area contributed by atoms with E-state index in [2.05, 4.69) is 33.6 Å². The first-order valence-electron chi connectivity index (χ1n) is 6.51. The molecule has 18 heavy (non-hydrogen) atoms. The minimum Gasteiger partial charge on any atom is -0.367 e. The Hall–Kier alpha value is -1.20. The van der Waals surface area contributed by atoms with Gasteiger partial charge in [-0.1, -0.05) is 0 Å². The number of fused-ring (bicyclic) bond motifs is 1. The summed E-state index contributed by atoms with van der Waals surface area (Å²) in [5.41, 5.74) is 0. The molecule has 2 N–H and O–H groups in total. The van der Waals surface area contributed by atoms with Crippen molar-refractivity contribution in [2.75, 3.05) is 18.4 Å². The van der Waals surface area contributed by atoms with Gasteiger partial charge >= 0.3 is 0 Å². The molecule has 0 aromatic carbocycles. The number of aromatic nitrogens is 2. The molecule has 0 amide bonds. The van der Waals surface area contributed by atoms with E-state index in [0.717, 1.165) is 35.5 Å². The lowest BCUT2D eigenvalue weighted by Gasteiger charge is -2.16. The summed E-state index contributed by atoms with van der Waals surface area (Å²) in [6, 6.07) is 2.70. The standard InChI is InChI=1S/C13H18N4S/c1-9-7-11-12(15-8-16-13(11)18-9)17-10-3-2-5-14-6-4-10/h7-8,10,14H,2-6H2,1H3,(H,15,16,17). The topological polar surface area (TPSA) is 49.8 Å².